The number of hydrogen-bond acceptors (Lipinski definition) is 7. The summed E-state index contributed by atoms with van der Waals surface area (Å²) in [5, 5.41) is 3.81. The first kappa shape index (κ1) is 28.5. The molecule has 0 aliphatic carbocycles. The summed E-state index contributed by atoms with van der Waals surface area (Å²) < 4.78 is 134. The van der Waals surface area contributed by atoms with E-state index in [9.17, 15) is 49.1 Å². The van der Waals surface area contributed by atoms with Crippen LogP contribution in [-0.4, -0.2) is 73.1 Å². The molecule has 2 unspecified atom stereocenters. The molecule has 0 radical (unpaired) electrons. The molecule has 16 heteroatoms. The Balaban J connectivity index is 2.38. The molecule has 1 fully saturated rings. The van der Waals surface area contributed by atoms with E-state index in [1.54, 1.807) is 0 Å². The molecule has 1 rings (SSSR count). The van der Waals surface area contributed by atoms with E-state index < -0.39 is 77.8 Å². The van der Waals surface area contributed by atoms with Gasteiger partial charge in [-0.25, -0.2) is 4.79 Å². The second-order valence-electron chi connectivity index (χ2n) is 6.96. The van der Waals surface area contributed by atoms with E-state index in [4.69, 9.17) is 14.0 Å². The van der Waals surface area contributed by atoms with E-state index in [1.807, 2.05) is 0 Å². The van der Waals surface area contributed by atoms with Crippen LogP contribution in [0.25, 0.3) is 0 Å². The zero-order valence-corrected chi connectivity index (χ0v) is 17.2. The van der Waals surface area contributed by atoms with E-state index in [1.165, 1.54) is 0 Å². The van der Waals surface area contributed by atoms with Crippen molar-refractivity contribution >= 4 is 16.1 Å². The molecule has 0 aromatic rings. The average Bonchev–Trinajstić information content (AvgIpc) is 2.62. The SMILES string of the molecule is C=C(COCCCCC(F)(F)C(F)(F)S(=O)(=O)O)C(=O)OC1CCOC(O)(C(F)(F)F)C1. The number of halogens is 7. The van der Waals surface area contributed by atoms with Crippen LogP contribution in [0.5, 0.6) is 0 Å². The molecule has 0 bridgehead atoms. The Kier molecular flexibility index (Phi) is 9.09. The maximum Gasteiger partial charge on any atom is 0.443 e. The van der Waals surface area contributed by atoms with Gasteiger partial charge in [-0.15, -0.1) is 0 Å². The van der Waals surface area contributed by atoms with E-state index in [-0.39, 0.29) is 25.0 Å². The third-order valence-corrected chi connectivity index (χ3v) is 5.29. The molecule has 1 aliphatic rings. The number of rotatable bonds is 11. The highest BCUT2D eigenvalue weighted by molar-refractivity contribution is 7.87. The molecule has 8 nitrogen and oxygen atoms in total. The molecule has 32 heavy (non-hydrogen) atoms. The maximum atomic E-state index is 13.3. The Morgan fingerprint density at radius 1 is 1.16 bits per heavy atom. The van der Waals surface area contributed by atoms with Crippen LogP contribution in [0.3, 0.4) is 0 Å². The first-order valence-corrected chi connectivity index (χ1v) is 10.4. The summed E-state index contributed by atoms with van der Waals surface area (Å²) in [5.41, 5.74) is -0.352. The van der Waals surface area contributed by atoms with E-state index in [0.29, 0.717) is 0 Å². The smallest absolute Gasteiger partial charge is 0.443 e. The van der Waals surface area contributed by atoms with Crippen molar-refractivity contribution in [2.24, 2.45) is 0 Å². The number of alkyl halides is 7. The number of unbranched alkanes of at least 4 members (excludes halogenated alkanes) is 1. The maximum absolute atomic E-state index is 13.3. The van der Waals surface area contributed by atoms with Crippen LogP contribution in [0.15, 0.2) is 12.2 Å². The van der Waals surface area contributed by atoms with Crippen LogP contribution >= 0.6 is 0 Å². The highest BCUT2D eigenvalue weighted by Gasteiger charge is 2.64. The molecule has 0 saturated carbocycles. The lowest BCUT2D eigenvalue weighted by molar-refractivity contribution is -0.383. The van der Waals surface area contributed by atoms with Gasteiger partial charge in [0.15, 0.2) is 0 Å². The summed E-state index contributed by atoms with van der Waals surface area (Å²) in [6.45, 7) is 1.90. The van der Waals surface area contributed by atoms with Crippen LogP contribution < -0.4 is 0 Å². The van der Waals surface area contributed by atoms with Crippen molar-refractivity contribution < 1.29 is 67.8 Å². The van der Waals surface area contributed by atoms with Gasteiger partial charge in [-0.1, -0.05) is 6.58 Å². The number of esters is 1. The van der Waals surface area contributed by atoms with Crippen molar-refractivity contribution in [1.29, 1.82) is 0 Å². The molecule has 2 atom stereocenters. The third-order valence-electron chi connectivity index (χ3n) is 4.35. The van der Waals surface area contributed by atoms with Gasteiger partial charge in [0.1, 0.15) is 6.10 Å². The van der Waals surface area contributed by atoms with Crippen LogP contribution in [0.2, 0.25) is 0 Å². The average molecular weight is 506 g/mol. The van der Waals surface area contributed by atoms with Crippen molar-refractivity contribution in [2.75, 3.05) is 19.8 Å². The van der Waals surface area contributed by atoms with Gasteiger partial charge in [0.25, 0.3) is 5.79 Å². The minimum absolute atomic E-state index is 0.124. The van der Waals surface area contributed by atoms with Crippen LogP contribution in [0, 0.1) is 0 Å². The molecule has 1 saturated heterocycles. The lowest BCUT2D eigenvalue weighted by Crippen LogP contribution is -2.53. The van der Waals surface area contributed by atoms with Gasteiger partial charge in [-0.2, -0.15) is 39.2 Å². The first-order valence-electron chi connectivity index (χ1n) is 8.96. The van der Waals surface area contributed by atoms with Crippen molar-refractivity contribution in [1.82, 2.24) is 0 Å². The number of ether oxygens (including phenoxy) is 3. The Labute approximate surface area is 178 Å². The molecule has 1 aliphatic heterocycles. The van der Waals surface area contributed by atoms with Crippen molar-refractivity contribution in [2.45, 2.75) is 61.3 Å². The minimum Gasteiger partial charge on any atom is -0.459 e. The summed E-state index contributed by atoms with van der Waals surface area (Å²) in [6, 6.07) is 0. The van der Waals surface area contributed by atoms with Crippen molar-refractivity contribution in [3.05, 3.63) is 12.2 Å². The predicted molar refractivity (Wildman–Crippen MR) is 91.3 cm³/mol. The lowest BCUT2D eigenvalue weighted by atomic mass is 10.0. The summed E-state index contributed by atoms with van der Waals surface area (Å²) in [6.07, 6.45) is -10.1. The molecule has 0 amide bonds. The van der Waals surface area contributed by atoms with E-state index >= 15 is 0 Å². The zero-order chi connectivity index (χ0) is 25.0. The highest BCUT2D eigenvalue weighted by Crippen LogP contribution is 2.41. The fourth-order valence-corrected chi connectivity index (χ4v) is 2.98. The number of hydrogen-bond donors (Lipinski definition) is 2. The summed E-state index contributed by atoms with van der Waals surface area (Å²) in [7, 11) is -6.32. The van der Waals surface area contributed by atoms with Crippen LogP contribution in [0.1, 0.15) is 32.1 Å². The van der Waals surface area contributed by atoms with Crippen molar-refractivity contribution in [3.63, 3.8) is 0 Å². The summed E-state index contributed by atoms with van der Waals surface area (Å²) in [4.78, 5) is 11.9. The molecule has 0 aromatic heterocycles. The molecular formula is C16H21F7O8S. The second kappa shape index (κ2) is 10.2. The first-order chi connectivity index (χ1) is 14.3. The monoisotopic (exact) mass is 506 g/mol. The fourth-order valence-electron chi connectivity index (χ4n) is 2.50. The molecular weight excluding hydrogens is 485 g/mol. The Bertz CT molecular complexity index is 784. The van der Waals surface area contributed by atoms with Gasteiger partial charge in [0, 0.05) is 25.9 Å². The molecule has 2 N–H and O–H groups in total. The predicted octanol–water partition coefficient (Wildman–Crippen LogP) is 2.82. The summed E-state index contributed by atoms with van der Waals surface area (Å²) >= 11 is 0. The standard InChI is InChI=1S/C16H21F7O8S/c1-10(12(24)31-11-4-7-30-14(25,8-11)15(19,20)21)9-29-6-3-2-5-13(17,18)16(22,23)32(26,27)28/h11,25H,1-9H2,(H,26,27,28). The lowest BCUT2D eigenvalue weighted by Gasteiger charge is -2.37. The Hall–Kier alpha value is -1.49. The number of carbonyl (C=O) groups is 1. The third kappa shape index (κ3) is 7.00. The minimum atomic E-state index is -6.32. The Morgan fingerprint density at radius 2 is 1.75 bits per heavy atom. The fraction of sp³-hybridized carbons (Fsp3) is 0.812. The van der Waals surface area contributed by atoms with E-state index in [2.05, 4.69) is 11.3 Å². The van der Waals surface area contributed by atoms with Crippen LogP contribution in [0.4, 0.5) is 30.7 Å². The molecule has 0 aromatic carbocycles. The molecule has 0 spiro atoms. The largest absolute Gasteiger partial charge is 0.459 e. The van der Waals surface area contributed by atoms with Gasteiger partial charge < -0.3 is 19.3 Å². The summed E-state index contributed by atoms with van der Waals surface area (Å²) in [5.74, 6) is -9.64. The van der Waals surface area contributed by atoms with Crippen LogP contribution in [-0.2, 0) is 29.1 Å². The van der Waals surface area contributed by atoms with Crippen molar-refractivity contribution in [3.8, 4) is 0 Å². The normalized spacial score (nSPS) is 23.1. The topological polar surface area (TPSA) is 119 Å². The quantitative estimate of drug-likeness (QED) is 0.144. The number of carbonyl (C=O) groups excluding carboxylic acids is 1. The Morgan fingerprint density at radius 3 is 2.28 bits per heavy atom. The number of aliphatic hydroxyl groups is 1. The van der Waals surface area contributed by atoms with Gasteiger partial charge in [-0.3, -0.25) is 4.55 Å². The van der Waals surface area contributed by atoms with Gasteiger partial charge in [0.2, 0.25) is 0 Å². The second-order valence-corrected chi connectivity index (χ2v) is 8.42. The van der Waals surface area contributed by atoms with Gasteiger partial charge in [0.05, 0.1) is 18.8 Å². The highest BCUT2D eigenvalue weighted by atomic mass is 32.2. The molecule has 188 valence electrons. The van der Waals surface area contributed by atoms with Gasteiger partial charge >= 0.3 is 33.4 Å². The van der Waals surface area contributed by atoms with Gasteiger partial charge in [-0.05, 0) is 12.8 Å². The molecule has 1 heterocycles. The zero-order valence-electron chi connectivity index (χ0n) is 16.3. The van der Waals surface area contributed by atoms with E-state index in [0.717, 1.165) is 0 Å².